The monoisotopic (exact) mass is 371 g/mol. The Morgan fingerprint density at radius 2 is 1.74 bits per heavy atom. The highest BCUT2D eigenvalue weighted by molar-refractivity contribution is 5.68. The van der Waals surface area contributed by atoms with Crippen molar-refractivity contribution in [3.8, 4) is 5.75 Å². The maximum absolute atomic E-state index is 12.6. The molecule has 0 aliphatic heterocycles. The van der Waals surface area contributed by atoms with Gasteiger partial charge in [-0.2, -0.15) is 0 Å². The van der Waals surface area contributed by atoms with Gasteiger partial charge in [0.2, 0.25) is 0 Å². The van der Waals surface area contributed by atoms with Crippen molar-refractivity contribution in [3.63, 3.8) is 0 Å². The van der Waals surface area contributed by atoms with Crippen LogP contribution >= 0.6 is 0 Å². The molecule has 0 bridgehead atoms. The topological polar surface area (TPSA) is 90.8 Å². The maximum atomic E-state index is 12.6. The summed E-state index contributed by atoms with van der Waals surface area (Å²) in [5.41, 5.74) is 13.7. The predicted octanol–water partition coefficient (Wildman–Crippen LogP) is 2.55. The predicted molar refractivity (Wildman–Crippen MR) is 107 cm³/mol. The Morgan fingerprint density at radius 1 is 1.04 bits per heavy atom. The highest BCUT2D eigenvalue weighted by atomic mass is 16.6. The number of carbonyl (C=O) groups excluding carboxylic acids is 1. The van der Waals surface area contributed by atoms with Crippen LogP contribution in [0.1, 0.15) is 18.1 Å². The number of nitrogens with zero attached hydrogens (tertiary/aromatic N) is 1. The van der Waals surface area contributed by atoms with Crippen LogP contribution in [0.15, 0.2) is 54.6 Å². The summed E-state index contributed by atoms with van der Waals surface area (Å²) in [6.07, 6.45) is 0.231. The molecule has 2 aromatic rings. The van der Waals surface area contributed by atoms with Crippen LogP contribution < -0.4 is 16.2 Å². The van der Waals surface area contributed by atoms with E-state index in [1.54, 1.807) is 4.90 Å². The van der Waals surface area contributed by atoms with E-state index >= 15 is 0 Å². The lowest BCUT2D eigenvalue weighted by Crippen LogP contribution is -2.48. The molecule has 1 unspecified atom stereocenters. The second-order valence-electron chi connectivity index (χ2n) is 6.19. The van der Waals surface area contributed by atoms with E-state index in [9.17, 15) is 4.79 Å². The summed E-state index contributed by atoms with van der Waals surface area (Å²) in [5.74, 6) is 0.826. The number of nitrogens with two attached hydrogens (primary N) is 2. The third-order valence-corrected chi connectivity index (χ3v) is 4.23. The SMILES string of the molecule is CCOc1ccc(CC(CN)N(CCN)C(=O)OCc2ccccc2)cc1. The van der Waals surface area contributed by atoms with Crippen LogP contribution in [-0.4, -0.2) is 43.3 Å². The molecule has 0 heterocycles. The number of benzene rings is 2. The minimum absolute atomic E-state index is 0.185. The molecule has 2 rings (SSSR count). The highest BCUT2D eigenvalue weighted by Crippen LogP contribution is 2.16. The zero-order chi connectivity index (χ0) is 19.5. The Morgan fingerprint density at radius 3 is 2.33 bits per heavy atom. The lowest BCUT2D eigenvalue weighted by Gasteiger charge is -2.30. The Labute approximate surface area is 161 Å². The summed E-state index contributed by atoms with van der Waals surface area (Å²) in [6.45, 7) is 3.87. The van der Waals surface area contributed by atoms with Gasteiger partial charge in [0.05, 0.1) is 12.6 Å². The van der Waals surface area contributed by atoms with Crippen LogP contribution in [0.25, 0.3) is 0 Å². The van der Waals surface area contributed by atoms with Crippen molar-refractivity contribution in [1.82, 2.24) is 4.90 Å². The summed E-state index contributed by atoms with van der Waals surface area (Å²) in [4.78, 5) is 14.2. The van der Waals surface area contributed by atoms with Crippen LogP contribution in [0.5, 0.6) is 5.75 Å². The summed E-state index contributed by atoms with van der Waals surface area (Å²) < 4.78 is 10.9. The van der Waals surface area contributed by atoms with E-state index in [0.717, 1.165) is 16.9 Å². The number of amides is 1. The van der Waals surface area contributed by atoms with E-state index in [2.05, 4.69) is 0 Å². The smallest absolute Gasteiger partial charge is 0.410 e. The van der Waals surface area contributed by atoms with E-state index in [1.165, 1.54) is 0 Å². The van der Waals surface area contributed by atoms with Crippen molar-refractivity contribution in [2.24, 2.45) is 11.5 Å². The van der Waals surface area contributed by atoms with Crippen LogP contribution in [0.4, 0.5) is 4.79 Å². The van der Waals surface area contributed by atoms with Crippen LogP contribution in [-0.2, 0) is 17.8 Å². The molecular weight excluding hydrogens is 342 g/mol. The van der Waals surface area contributed by atoms with Gasteiger partial charge in [-0.15, -0.1) is 0 Å². The molecule has 0 spiro atoms. The van der Waals surface area contributed by atoms with E-state index < -0.39 is 6.09 Å². The average Bonchev–Trinajstić information content (AvgIpc) is 2.71. The minimum Gasteiger partial charge on any atom is -0.494 e. The molecular formula is C21H29N3O3. The Balaban J connectivity index is 2.01. The molecule has 6 heteroatoms. The third kappa shape index (κ3) is 6.58. The summed E-state index contributed by atoms with van der Waals surface area (Å²) in [6, 6.07) is 17.2. The average molecular weight is 371 g/mol. The molecule has 0 aliphatic carbocycles. The van der Waals surface area contributed by atoms with E-state index in [1.807, 2.05) is 61.5 Å². The first-order chi connectivity index (χ1) is 13.2. The van der Waals surface area contributed by atoms with E-state index in [-0.39, 0.29) is 12.6 Å². The van der Waals surface area contributed by atoms with Gasteiger partial charge in [0.1, 0.15) is 12.4 Å². The number of carbonyl (C=O) groups is 1. The van der Waals surface area contributed by atoms with Crippen molar-refractivity contribution in [1.29, 1.82) is 0 Å². The number of hydrogen-bond acceptors (Lipinski definition) is 5. The Kier molecular flexibility index (Phi) is 8.61. The Hall–Kier alpha value is -2.57. The molecule has 0 radical (unpaired) electrons. The summed E-state index contributed by atoms with van der Waals surface area (Å²) in [5, 5.41) is 0. The highest BCUT2D eigenvalue weighted by Gasteiger charge is 2.23. The maximum Gasteiger partial charge on any atom is 0.410 e. The second kappa shape index (κ2) is 11.2. The zero-order valence-electron chi connectivity index (χ0n) is 15.8. The molecule has 1 atom stereocenters. The molecule has 0 saturated carbocycles. The molecule has 0 fully saturated rings. The fourth-order valence-corrected chi connectivity index (χ4v) is 2.85. The normalized spacial score (nSPS) is 11.7. The standard InChI is InChI=1S/C21H29N3O3/c1-2-26-20-10-8-17(9-11-20)14-19(15-23)24(13-12-22)21(25)27-16-18-6-4-3-5-7-18/h3-11,19H,2,12-16,22-23H2,1H3. The van der Waals surface area contributed by atoms with Crippen molar-refractivity contribution < 1.29 is 14.3 Å². The molecule has 0 aliphatic rings. The van der Waals surface area contributed by atoms with Gasteiger partial charge in [-0.25, -0.2) is 4.79 Å². The van der Waals surface area contributed by atoms with Gasteiger partial charge >= 0.3 is 6.09 Å². The lowest BCUT2D eigenvalue weighted by molar-refractivity contribution is 0.0825. The first kappa shape index (κ1) is 20.7. The van der Waals surface area contributed by atoms with Gasteiger partial charge in [0, 0.05) is 19.6 Å². The van der Waals surface area contributed by atoms with Crippen molar-refractivity contribution in [2.45, 2.75) is 26.0 Å². The van der Waals surface area contributed by atoms with Gasteiger partial charge in [0.15, 0.2) is 0 Å². The number of ether oxygens (including phenoxy) is 2. The molecule has 4 N–H and O–H groups in total. The summed E-state index contributed by atoms with van der Waals surface area (Å²) in [7, 11) is 0. The van der Waals surface area contributed by atoms with Gasteiger partial charge < -0.3 is 25.8 Å². The minimum atomic E-state index is -0.398. The molecule has 146 valence electrons. The van der Waals surface area contributed by atoms with Crippen LogP contribution in [0.3, 0.4) is 0 Å². The first-order valence-electron chi connectivity index (χ1n) is 9.27. The lowest BCUT2D eigenvalue weighted by atomic mass is 10.0. The van der Waals surface area contributed by atoms with Crippen LogP contribution in [0, 0.1) is 0 Å². The molecule has 2 aromatic carbocycles. The molecule has 6 nitrogen and oxygen atoms in total. The van der Waals surface area contributed by atoms with Crippen molar-refractivity contribution >= 4 is 6.09 Å². The van der Waals surface area contributed by atoms with Crippen molar-refractivity contribution in [3.05, 3.63) is 65.7 Å². The Bertz CT molecular complexity index is 677. The zero-order valence-corrected chi connectivity index (χ0v) is 15.8. The van der Waals surface area contributed by atoms with E-state index in [0.29, 0.717) is 32.7 Å². The van der Waals surface area contributed by atoms with E-state index in [4.69, 9.17) is 20.9 Å². The summed E-state index contributed by atoms with van der Waals surface area (Å²) >= 11 is 0. The number of rotatable bonds is 10. The largest absolute Gasteiger partial charge is 0.494 e. The van der Waals surface area contributed by atoms with Crippen LogP contribution in [0.2, 0.25) is 0 Å². The molecule has 0 saturated heterocycles. The first-order valence-corrected chi connectivity index (χ1v) is 9.27. The third-order valence-electron chi connectivity index (χ3n) is 4.23. The number of hydrogen-bond donors (Lipinski definition) is 2. The second-order valence-corrected chi connectivity index (χ2v) is 6.19. The van der Waals surface area contributed by atoms with Crippen molar-refractivity contribution in [2.75, 3.05) is 26.2 Å². The molecule has 27 heavy (non-hydrogen) atoms. The quantitative estimate of drug-likeness (QED) is 0.670. The molecule has 1 amide bonds. The fraction of sp³-hybridized carbons (Fsp3) is 0.381. The van der Waals surface area contributed by atoms with Gasteiger partial charge in [-0.1, -0.05) is 42.5 Å². The fourth-order valence-electron chi connectivity index (χ4n) is 2.85. The van der Waals surface area contributed by atoms with Gasteiger partial charge in [-0.05, 0) is 36.6 Å². The van der Waals surface area contributed by atoms with Gasteiger partial charge in [0.25, 0.3) is 0 Å². The molecule has 0 aromatic heterocycles. The van der Waals surface area contributed by atoms with Gasteiger partial charge in [-0.3, -0.25) is 0 Å².